The van der Waals surface area contributed by atoms with E-state index in [1.54, 1.807) is 35.9 Å². The number of hydrogen-bond acceptors (Lipinski definition) is 7. The Morgan fingerprint density at radius 2 is 1.72 bits per heavy atom. The van der Waals surface area contributed by atoms with E-state index >= 15 is 0 Å². The molecule has 152 valence electrons. The first-order valence-corrected chi connectivity index (χ1v) is 9.97. The molecule has 0 saturated heterocycles. The molecular formula is C21H23N3O4S. The van der Waals surface area contributed by atoms with E-state index in [-0.39, 0.29) is 5.91 Å². The SMILES string of the molecule is COc1cc(OC)c(C(=O)NCCCc2nc(-c3ccncc3)cs2)cc1OC. The van der Waals surface area contributed by atoms with Gasteiger partial charge in [-0.2, -0.15) is 0 Å². The molecule has 0 bridgehead atoms. The Bertz CT molecular complexity index is 960. The number of pyridine rings is 1. The maximum atomic E-state index is 12.6. The van der Waals surface area contributed by atoms with Gasteiger partial charge in [0.15, 0.2) is 11.5 Å². The van der Waals surface area contributed by atoms with E-state index in [0.717, 1.165) is 29.1 Å². The molecule has 2 aromatic heterocycles. The molecule has 0 fully saturated rings. The van der Waals surface area contributed by atoms with Crippen molar-refractivity contribution in [2.45, 2.75) is 12.8 Å². The molecule has 0 saturated carbocycles. The second kappa shape index (κ2) is 9.88. The Morgan fingerprint density at radius 3 is 2.41 bits per heavy atom. The lowest BCUT2D eigenvalue weighted by Gasteiger charge is -2.14. The van der Waals surface area contributed by atoms with E-state index in [1.165, 1.54) is 21.3 Å². The summed E-state index contributed by atoms with van der Waals surface area (Å²) >= 11 is 1.62. The number of carbonyl (C=O) groups is 1. The van der Waals surface area contributed by atoms with Crippen molar-refractivity contribution >= 4 is 17.2 Å². The average molecular weight is 413 g/mol. The zero-order valence-electron chi connectivity index (χ0n) is 16.6. The van der Waals surface area contributed by atoms with E-state index in [9.17, 15) is 4.79 Å². The average Bonchev–Trinajstić information content (AvgIpc) is 3.25. The molecular weight excluding hydrogens is 390 g/mol. The number of carbonyl (C=O) groups excluding carboxylic acids is 1. The summed E-state index contributed by atoms with van der Waals surface area (Å²) in [6, 6.07) is 7.14. The van der Waals surface area contributed by atoms with Crippen molar-refractivity contribution in [1.82, 2.24) is 15.3 Å². The maximum Gasteiger partial charge on any atom is 0.255 e. The lowest BCUT2D eigenvalue weighted by Crippen LogP contribution is -2.25. The normalized spacial score (nSPS) is 10.4. The van der Waals surface area contributed by atoms with Crippen molar-refractivity contribution < 1.29 is 19.0 Å². The predicted octanol–water partition coefficient (Wildman–Crippen LogP) is 3.59. The van der Waals surface area contributed by atoms with Crippen LogP contribution in [-0.4, -0.2) is 43.7 Å². The topological polar surface area (TPSA) is 82.6 Å². The summed E-state index contributed by atoms with van der Waals surface area (Å²) in [6.45, 7) is 0.528. The van der Waals surface area contributed by atoms with Gasteiger partial charge in [0, 0.05) is 48.4 Å². The number of nitrogens with one attached hydrogen (secondary N) is 1. The second-order valence-electron chi connectivity index (χ2n) is 6.13. The zero-order valence-corrected chi connectivity index (χ0v) is 17.4. The number of nitrogens with zero attached hydrogens (tertiary/aromatic N) is 2. The molecule has 3 aromatic rings. The van der Waals surface area contributed by atoms with Crippen molar-refractivity contribution in [2.75, 3.05) is 27.9 Å². The lowest BCUT2D eigenvalue weighted by atomic mass is 10.1. The Labute approximate surface area is 173 Å². The number of aryl methyl sites for hydroxylation is 1. The molecule has 1 amide bonds. The highest BCUT2D eigenvalue weighted by molar-refractivity contribution is 7.09. The van der Waals surface area contributed by atoms with Crippen LogP contribution < -0.4 is 19.5 Å². The van der Waals surface area contributed by atoms with Crippen LogP contribution in [0.25, 0.3) is 11.3 Å². The summed E-state index contributed by atoms with van der Waals surface area (Å²) in [6.07, 6.45) is 5.09. The van der Waals surface area contributed by atoms with Crippen LogP contribution in [0.4, 0.5) is 0 Å². The van der Waals surface area contributed by atoms with Gasteiger partial charge in [-0.25, -0.2) is 4.98 Å². The second-order valence-corrected chi connectivity index (χ2v) is 7.07. The van der Waals surface area contributed by atoms with Crippen LogP contribution in [0.2, 0.25) is 0 Å². The fourth-order valence-corrected chi connectivity index (χ4v) is 3.67. The number of thiazole rings is 1. The third-order valence-corrected chi connectivity index (χ3v) is 5.24. The molecule has 8 heteroatoms. The first kappa shape index (κ1) is 20.6. The van der Waals surface area contributed by atoms with Crippen LogP contribution in [0.1, 0.15) is 21.8 Å². The van der Waals surface area contributed by atoms with Gasteiger partial charge in [-0.05, 0) is 18.6 Å². The number of benzene rings is 1. The fourth-order valence-electron chi connectivity index (χ4n) is 2.82. The van der Waals surface area contributed by atoms with Crippen LogP contribution in [0.3, 0.4) is 0 Å². The van der Waals surface area contributed by atoms with Gasteiger partial charge in [0.25, 0.3) is 5.91 Å². The third kappa shape index (κ3) is 5.03. The minimum atomic E-state index is -0.223. The Balaban J connectivity index is 1.56. The molecule has 7 nitrogen and oxygen atoms in total. The molecule has 1 aromatic carbocycles. The highest BCUT2D eigenvalue weighted by Gasteiger charge is 2.17. The van der Waals surface area contributed by atoms with Gasteiger partial charge in [-0.3, -0.25) is 9.78 Å². The van der Waals surface area contributed by atoms with E-state index in [4.69, 9.17) is 14.2 Å². The summed E-state index contributed by atoms with van der Waals surface area (Å²) in [5, 5.41) is 6.00. The molecule has 0 aliphatic rings. The quantitative estimate of drug-likeness (QED) is 0.540. The van der Waals surface area contributed by atoms with Gasteiger partial charge in [0.1, 0.15) is 5.75 Å². The van der Waals surface area contributed by atoms with Gasteiger partial charge in [0.05, 0.1) is 37.6 Å². The summed E-state index contributed by atoms with van der Waals surface area (Å²) < 4.78 is 15.8. The van der Waals surface area contributed by atoms with Gasteiger partial charge >= 0.3 is 0 Å². The summed E-state index contributed by atoms with van der Waals surface area (Å²) in [4.78, 5) is 21.3. The molecule has 0 aliphatic carbocycles. The van der Waals surface area contributed by atoms with Crippen molar-refractivity contribution in [3.05, 3.63) is 52.6 Å². The van der Waals surface area contributed by atoms with E-state index in [0.29, 0.717) is 29.4 Å². The first-order chi connectivity index (χ1) is 14.2. The van der Waals surface area contributed by atoms with Crippen LogP contribution in [0.15, 0.2) is 42.0 Å². The van der Waals surface area contributed by atoms with Crippen LogP contribution in [0.5, 0.6) is 17.2 Å². The van der Waals surface area contributed by atoms with Crippen molar-refractivity contribution in [2.24, 2.45) is 0 Å². The van der Waals surface area contributed by atoms with Gasteiger partial charge in [-0.1, -0.05) is 0 Å². The number of amides is 1. The molecule has 3 rings (SSSR count). The smallest absolute Gasteiger partial charge is 0.255 e. The number of hydrogen-bond donors (Lipinski definition) is 1. The summed E-state index contributed by atoms with van der Waals surface area (Å²) in [5.74, 6) is 1.20. The Hall–Kier alpha value is -3.13. The number of aromatic nitrogens is 2. The number of ether oxygens (including phenoxy) is 3. The fraction of sp³-hybridized carbons (Fsp3) is 0.286. The van der Waals surface area contributed by atoms with Gasteiger partial charge in [0.2, 0.25) is 0 Å². The molecule has 2 heterocycles. The minimum Gasteiger partial charge on any atom is -0.496 e. The van der Waals surface area contributed by atoms with Crippen LogP contribution in [0, 0.1) is 0 Å². The lowest BCUT2D eigenvalue weighted by molar-refractivity contribution is 0.0949. The molecule has 1 N–H and O–H groups in total. The highest BCUT2D eigenvalue weighted by atomic mass is 32.1. The maximum absolute atomic E-state index is 12.6. The van der Waals surface area contributed by atoms with Gasteiger partial charge in [-0.15, -0.1) is 11.3 Å². The highest BCUT2D eigenvalue weighted by Crippen LogP contribution is 2.34. The van der Waals surface area contributed by atoms with E-state index in [1.807, 2.05) is 17.5 Å². The van der Waals surface area contributed by atoms with Crippen molar-refractivity contribution in [3.63, 3.8) is 0 Å². The molecule has 0 unspecified atom stereocenters. The van der Waals surface area contributed by atoms with E-state index < -0.39 is 0 Å². The molecule has 29 heavy (non-hydrogen) atoms. The van der Waals surface area contributed by atoms with Crippen LogP contribution >= 0.6 is 11.3 Å². The predicted molar refractivity (Wildman–Crippen MR) is 112 cm³/mol. The number of rotatable bonds is 9. The summed E-state index contributed by atoms with van der Waals surface area (Å²) in [5.41, 5.74) is 2.40. The zero-order chi connectivity index (χ0) is 20.6. The van der Waals surface area contributed by atoms with Gasteiger partial charge < -0.3 is 19.5 Å². The molecule has 0 spiro atoms. The molecule has 0 radical (unpaired) electrons. The Kier molecular flexibility index (Phi) is 7.02. The first-order valence-electron chi connectivity index (χ1n) is 9.09. The van der Waals surface area contributed by atoms with Crippen LogP contribution in [-0.2, 0) is 6.42 Å². The monoisotopic (exact) mass is 413 g/mol. The molecule has 0 aliphatic heterocycles. The van der Waals surface area contributed by atoms with Crippen molar-refractivity contribution in [3.8, 4) is 28.5 Å². The third-order valence-electron chi connectivity index (χ3n) is 4.33. The summed E-state index contributed by atoms with van der Waals surface area (Å²) in [7, 11) is 4.58. The minimum absolute atomic E-state index is 0.223. The van der Waals surface area contributed by atoms with E-state index in [2.05, 4.69) is 15.3 Å². The Morgan fingerprint density at radius 1 is 1.03 bits per heavy atom. The standard InChI is InChI=1S/C21H23N3O4S/c1-26-17-12-19(28-3)18(27-2)11-15(17)21(25)23-8-4-5-20-24-16(13-29-20)14-6-9-22-10-7-14/h6-7,9-13H,4-5,8H2,1-3H3,(H,23,25). The molecule has 0 atom stereocenters. The largest absolute Gasteiger partial charge is 0.496 e. The number of methoxy groups -OCH3 is 3. The van der Waals surface area contributed by atoms with Crippen molar-refractivity contribution in [1.29, 1.82) is 0 Å².